The quantitative estimate of drug-likeness (QED) is 0.806. The van der Waals surface area contributed by atoms with Crippen LogP contribution < -0.4 is 5.14 Å². The van der Waals surface area contributed by atoms with Crippen LogP contribution in [0.25, 0.3) is 8.96 Å². The average molecular weight is 301 g/mol. The SMILES string of the molecule is NS(=O)(=O)c1cc2[se]cc(Cl)c2s1. The Morgan fingerprint density at radius 3 is 2.77 bits per heavy atom. The van der Waals surface area contributed by atoms with Crippen LogP contribution in [0.15, 0.2) is 15.2 Å². The first-order chi connectivity index (χ1) is 5.98. The van der Waals surface area contributed by atoms with E-state index in [0.717, 1.165) is 20.3 Å². The summed E-state index contributed by atoms with van der Waals surface area (Å²) in [6, 6.07) is 1.61. The monoisotopic (exact) mass is 301 g/mol. The molecule has 0 radical (unpaired) electrons. The molecule has 2 aromatic heterocycles. The van der Waals surface area contributed by atoms with E-state index in [1.165, 1.54) is 0 Å². The summed E-state index contributed by atoms with van der Waals surface area (Å²) in [5.74, 6) is 0. The van der Waals surface area contributed by atoms with Crippen LogP contribution in [0.3, 0.4) is 0 Å². The number of halogens is 1. The second-order valence-corrected chi connectivity index (χ2v) is 7.55. The van der Waals surface area contributed by atoms with E-state index in [0.29, 0.717) is 5.02 Å². The van der Waals surface area contributed by atoms with E-state index in [4.69, 9.17) is 16.7 Å². The Labute approximate surface area is 89.9 Å². The molecule has 2 rings (SSSR count). The second-order valence-electron chi connectivity index (χ2n) is 2.39. The summed E-state index contributed by atoms with van der Waals surface area (Å²) < 4.78 is 24.0. The molecule has 2 heterocycles. The molecule has 0 unspecified atom stereocenters. The zero-order valence-electron chi connectivity index (χ0n) is 6.15. The van der Waals surface area contributed by atoms with Crippen LogP contribution >= 0.6 is 22.9 Å². The van der Waals surface area contributed by atoms with Crippen LogP contribution in [-0.4, -0.2) is 22.9 Å². The Morgan fingerprint density at radius 2 is 2.23 bits per heavy atom. The van der Waals surface area contributed by atoms with Gasteiger partial charge in [0.2, 0.25) is 0 Å². The van der Waals surface area contributed by atoms with E-state index in [-0.39, 0.29) is 18.7 Å². The number of hydrogen-bond donors (Lipinski definition) is 1. The van der Waals surface area contributed by atoms with Gasteiger partial charge in [0.25, 0.3) is 0 Å². The summed E-state index contributed by atoms with van der Waals surface area (Å²) >= 11 is 7.16. The molecule has 0 saturated carbocycles. The van der Waals surface area contributed by atoms with Crippen molar-refractivity contribution in [3.63, 3.8) is 0 Å². The molecule has 70 valence electrons. The first kappa shape index (κ1) is 9.70. The maximum atomic E-state index is 11.0. The van der Waals surface area contributed by atoms with Gasteiger partial charge in [-0.15, -0.1) is 0 Å². The normalized spacial score (nSPS) is 12.5. The average Bonchev–Trinajstić information content (AvgIpc) is 2.51. The van der Waals surface area contributed by atoms with Gasteiger partial charge in [-0.25, -0.2) is 0 Å². The summed E-state index contributed by atoms with van der Waals surface area (Å²) in [5.41, 5.74) is 0. The van der Waals surface area contributed by atoms with Gasteiger partial charge in [0.1, 0.15) is 0 Å². The molecule has 0 aliphatic heterocycles. The molecular weight excluding hydrogens is 297 g/mol. The standard InChI is InChI=1S/C6H4ClNO2S2Se/c7-3-2-13-4-1-5(11-6(3)4)12(8,9)10/h1-2H,(H2,8,9,10). The van der Waals surface area contributed by atoms with Gasteiger partial charge < -0.3 is 0 Å². The Morgan fingerprint density at radius 1 is 1.54 bits per heavy atom. The number of sulfonamides is 1. The van der Waals surface area contributed by atoms with E-state index in [1.807, 2.05) is 4.94 Å². The first-order valence-corrected chi connectivity index (χ1v) is 7.76. The molecule has 3 nitrogen and oxygen atoms in total. The molecule has 2 N–H and O–H groups in total. The van der Waals surface area contributed by atoms with Crippen molar-refractivity contribution >= 4 is 56.4 Å². The van der Waals surface area contributed by atoms with Gasteiger partial charge in [-0.1, -0.05) is 0 Å². The van der Waals surface area contributed by atoms with Crippen molar-refractivity contribution in [2.24, 2.45) is 5.14 Å². The van der Waals surface area contributed by atoms with Gasteiger partial charge in [0.05, 0.1) is 0 Å². The van der Waals surface area contributed by atoms with Crippen molar-refractivity contribution in [3.05, 3.63) is 16.0 Å². The number of hydrogen-bond acceptors (Lipinski definition) is 3. The molecule has 0 aromatic carbocycles. The molecule has 0 aliphatic rings. The number of fused-ring (bicyclic) bond motifs is 1. The van der Waals surface area contributed by atoms with Gasteiger partial charge in [0, 0.05) is 0 Å². The second kappa shape index (κ2) is 3.08. The number of thiophene rings is 1. The zero-order valence-corrected chi connectivity index (χ0v) is 10.3. The third-order valence-electron chi connectivity index (χ3n) is 1.46. The fourth-order valence-corrected chi connectivity index (χ4v) is 5.78. The van der Waals surface area contributed by atoms with Crippen LogP contribution in [0.1, 0.15) is 0 Å². The number of nitrogens with two attached hydrogens (primary N) is 1. The zero-order chi connectivity index (χ0) is 9.64. The summed E-state index contributed by atoms with van der Waals surface area (Å²) in [5, 5.41) is 5.64. The minimum absolute atomic E-state index is 0.159. The van der Waals surface area contributed by atoms with Crippen molar-refractivity contribution in [1.29, 1.82) is 0 Å². The molecule has 2 aromatic rings. The van der Waals surface area contributed by atoms with Gasteiger partial charge in [-0.05, 0) is 0 Å². The van der Waals surface area contributed by atoms with Gasteiger partial charge in [-0.2, -0.15) is 0 Å². The molecular formula is C6H4ClNO2S2Se. The van der Waals surface area contributed by atoms with E-state index in [2.05, 4.69) is 0 Å². The van der Waals surface area contributed by atoms with E-state index < -0.39 is 10.0 Å². The number of primary sulfonamides is 1. The molecule has 0 bridgehead atoms. The van der Waals surface area contributed by atoms with Crippen LogP contribution in [0, 0.1) is 0 Å². The molecule has 0 spiro atoms. The van der Waals surface area contributed by atoms with E-state index in [9.17, 15) is 8.42 Å². The van der Waals surface area contributed by atoms with Crippen LogP contribution in [0.4, 0.5) is 0 Å². The first-order valence-electron chi connectivity index (χ1n) is 3.18. The maximum absolute atomic E-state index is 11.0. The van der Waals surface area contributed by atoms with Crippen molar-refractivity contribution in [2.75, 3.05) is 0 Å². The summed E-state index contributed by atoms with van der Waals surface area (Å²) in [6.07, 6.45) is 0. The Bertz CT molecular complexity index is 556. The topological polar surface area (TPSA) is 60.2 Å². The van der Waals surface area contributed by atoms with Crippen molar-refractivity contribution in [2.45, 2.75) is 4.21 Å². The number of rotatable bonds is 1. The molecule has 0 aliphatic carbocycles. The van der Waals surface area contributed by atoms with E-state index in [1.54, 1.807) is 6.07 Å². The summed E-state index contributed by atoms with van der Waals surface area (Å²) in [4.78, 5) is 1.92. The van der Waals surface area contributed by atoms with Crippen LogP contribution in [0.2, 0.25) is 5.02 Å². The van der Waals surface area contributed by atoms with Gasteiger partial charge in [0.15, 0.2) is 0 Å². The summed E-state index contributed by atoms with van der Waals surface area (Å²) in [6.45, 7) is 0. The third-order valence-corrected chi connectivity index (χ3v) is 7.00. The van der Waals surface area contributed by atoms with Crippen LogP contribution in [-0.2, 0) is 10.0 Å². The Hall–Kier alpha value is 0.159. The summed E-state index contributed by atoms with van der Waals surface area (Å²) in [7, 11) is -3.56. The molecule has 7 heteroatoms. The third kappa shape index (κ3) is 1.70. The van der Waals surface area contributed by atoms with Crippen molar-refractivity contribution in [1.82, 2.24) is 0 Å². The molecule has 0 amide bonds. The van der Waals surface area contributed by atoms with Crippen molar-refractivity contribution < 1.29 is 8.42 Å². The predicted molar refractivity (Wildman–Crippen MR) is 55.1 cm³/mol. The Kier molecular flexibility index (Phi) is 2.30. The van der Waals surface area contributed by atoms with E-state index >= 15 is 0 Å². The van der Waals surface area contributed by atoms with Crippen LogP contribution in [0.5, 0.6) is 0 Å². The Balaban J connectivity index is 2.77. The minimum atomic E-state index is -3.56. The molecule has 0 saturated heterocycles. The fourth-order valence-electron chi connectivity index (χ4n) is 0.916. The fraction of sp³-hybridized carbons (Fsp3) is 0. The molecule has 0 fully saturated rings. The predicted octanol–water partition coefficient (Wildman–Crippen LogP) is 1.26. The molecule has 0 atom stereocenters. The van der Waals surface area contributed by atoms with Gasteiger partial charge in [-0.3, -0.25) is 0 Å². The molecule has 13 heavy (non-hydrogen) atoms. The van der Waals surface area contributed by atoms with Gasteiger partial charge >= 0.3 is 90.2 Å². The van der Waals surface area contributed by atoms with Crippen molar-refractivity contribution in [3.8, 4) is 0 Å².